The molecule has 0 spiro atoms. The Balaban J connectivity index is 1.88. The van der Waals surface area contributed by atoms with Gasteiger partial charge >= 0.3 is 0 Å². The molecular weight excluding hydrogens is 170 g/mol. The van der Waals surface area contributed by atoms with Gasteiger partial charge in [-0.25, -0.2) is 0 Å². The highest BCUT2D eigenvalue weighted by Crippen LogP contribution is 2.30. The number of benzene rings is 1. The average Bonchev–Trinajstić information content (AvgIpc) is 2.65. The quantitative estimate of drug-likeness (QED) is 0.777. The first-order valence-electron chi connectivity index (χ1n) is 5.61. The molecule has 1 fully saturated rings. The van der Waals surface area contributed by atoms with E-state index in [1.165, 1.54) is 31.2 Å². The first-order valence-corrected chi connectivity index (χ1v) is 5.61. The summed E-state index contributed by atoms with van der Waals surface area (Å²) in [5.74, 6) is 0. The standard InChI is InChI=1S/C13H19N/c14-13(9-4-5-10-13)11-8-12-6-2-1-3-7-12/h1-3,6-7H,4-5,8-11,14H2. The minimum Gasteiger partial charge on any atom is -0.325 e. The van der Waals surface area contributed by atoms with Gasteiger partial charge in [-0.2, -0.15) is 0 Å². The van der Waals surface area contributed by atoms with Crippen molar-refractivity contribution in [3.05, 3.63) is 35.9 Å². The second-order valence-electron chi connectivity index (χ2n) is 4.56. The van der Waals surface area contributed by atoms with Gasteiger partial charge in [-0.15, -0.1) is 0 Å². The minimum absolute atomic E-state index is 0.149. The van der Waals surface area contributed by atoms with E-state index < -0.39 is 0 Å². The van der Waals surface area contributed by atoms with Crippen molar-refractivity contribution in [2.24, 2.45) is 5.73 Å². The van der Waals surface area contributed by atoms with E-state index in [1.54, 1.807) is 0 Å². The summed E-state index contributed by atoms with van der Waals surface area (Å²) >= 11 is 0. The van der Waals surface area contributed by atoms with E-state index in [0.717, 1.165) is 12.8 Å². The summed E-state index contributed by atoms with van der Waals surface area (Å²) in [7, 11) is 0. The van der Waals surface area contributed by atoms with Gasteiger partial charge in [-0.05, 0) is 31.2 Å². The van der Waals surface area contributed by atoms with Gasteiger partial charge in [-0.3, -0.25) is 0 Å². The van der Waals surface area contributed by atoms with Gasteiger partial charge in [0.25, 0.3) is 0 Å². The molecule has 0 aliphatic heterocycles. The Hall–Kier alpha value is -0.820. The highest BCUT2D eigenvalue weighted by Gasteiger charge is 2.28. The fourth-order valence-electron chi connectivity index (χ4n) is 2.37. The third-order valence-electron chi connectivity index (χ3n) is 3.35. The highest BCUT2D eigenvalue weighted by molar-refractivity contribution is 5.15. The summed E-state index contributed by atoms with van der Waals surface area (Å²) in [6.45, 7) is 0. The van der Waals surface area contributed by atoms with Gasteiger partial charge < -0.3 is 5.73 Å². The van der Waals surface area contributed by atoms with Gasteiger partial charge in [-0.1, -0.05) is 43.2 Å². The fourth-order valence-corrected chi connectivity index (χ4v) is 2.37. The first kappa shape index (κ1) is 9.72. The zero-order valence-electron chi connectivity index (χ0n) is 8.71. The molecule has 0 amide bonds. The van der Waals surface area contributed by atoms with Crippen LogP contribution in [-0.4, -0.2) is 5.54 Å². The van der Waals surface area contributed by atoms with Crippen molar-refractivity contribution >= 4 is 0 Å². The monoisotopic (exact) mass is 189 g/mol. The molecular formula is C13H19N. The maximum absolute atomic E-state index is 6.31. The lowest BCUT2D eigenvalue weighted by Gasteiger charge is -2.23. The Morgan fingerprint density at radius 1 is 1.07 bits per heavy atom. The van der Waals surface area contributed by atoms with Crippen LogP contribution in [0.1, 0.15) is 37.7 Å². The summed E-state index contributed by atoms with van der Waals surface area (Å²) in [6.07, 6.45) is 7.38. The summed E-state index contributed by atoms with van der Waals surface area (Å²) in [5.41, 5.74) is 7.88. The lowest BCUT2D eigenvalue weighted by atomic mass is 9.91. The van der Waals surface area contributed by atoms with Crippen LogP contribution in [0.25, 0.3) is 0 Å². The molecule has 1 saturated carbocycles. The Morgan fingerprint density at radius 2 is 1.71 bits per heavy atom. The van der Waals surface area contributed by atoms with Crippen LogP contribution in [0.2, 0.25) is 0 Å². The predicted molar refractivity (Wildman–Crippen MR) is 60.1 cm³/mol. The van der Waals surface area contributed by atoms with Gasteiger partial charge in [0.2, 0.25) is 0 Å². The molecule has 1 aliphatic rings. The van der Waals surface area contributed by atoms with Gasteiger partial charge in [0.05, 0.1) is 0 Å². The summed E-state index contributed by atoms with van der Waals surface area (Å²) < 4.78 is 0. The molecule has 0 heterocycles. The molecule has 1 aliphatic carbocycles. The molecule has 0 saturated heterocycles. The van der Waals surface area contributed by atoms with E-state index in [0.29, 0.717) is 0 Å². The second-order valence-corrected chi connectivity index (χ2v) is 4.56. The van der Waals surface area contributed by atoms with Crippen LogP contribution in [0.5, 0.6) is 0 Å². The molecule has 1 aromatic rings. The molecule has 0 unspecified atom stereocenters. The van der Waals surface area contributed by atoms with Crippen molar-refractivity contribution in [3.8, 4) is 0 Å². The molecule has 0 radical (unpaired) electrons. The van der Waals surface area contributed by atoms with E-state index in [2.05, 4.69) is 30.3 Å². The summed E-state index contributed by atoms with van der Waals surface area (Å²) in [6, 6.07) is 10.7. The Morgan fingerprint density at radius 3 is 2.36 bits per heavy atom. The fraction of sp³-hybridized carbons (Fsp3) is 0.538. The number of aryl methyl sites for hydroxylation is 1. The van der Waals surface area contributed by atoms with Crippen molar-refractivity contribution in [2.45, 2.75) is 44.1 Å². The zero-order valence-corrected chi connectivity index (χ0v) is 8.71. The zero-order chi connectivity index (χ0) is 9.86. The molecule has 0 atom stereocenters. The topological polar surface area (TPSA) is 26.0 Å². The van der Waals surface area contributed by atoms with Gasteiger partial charge in [0.1, 0.15) is 0 Å². The number of hydrogen-bond acceptors (Lipinski definition) is 1. The van der Waals surface area contributed by atoms with Crippen molar-refractivity contribution < 1.29 is 0 Å². The second kappa shape index (κ2) is 4.14. The molecule has 2 rings (SSSR count). The lowest BCUT2D eigenvalue weighted by Crippen LogP contribution is -2.36. The van der Waals surface area contributed by atoms with Crippen LogP contribution in [0.3, 0.4) is 0 Å². The minimum atomic E-state index is 0.149. The predicted octanol–water partition coefficient (Wildman–Crippen LogP) is 2.89. The molecule has 14 heavy (non-hydrogen) atoms. The maximum Gasteiger partial charge on any atom is 0.0157 e. The van der Waals surface area contributed by atoms with Crippen LogP contribution >= 0.6 is 0 Å². The Labute approximate surface area is 86.3 Å². The highest BCUT2D eigenvalue weighted by atomic mass is 14.7. The van der Waals surface area contributed by atoms with Crippen LogP contribution in [-0.2, 0) is 6.42 Å². The van der Waals surface area contributed by atoms with Crippen LogP contribution in [0, 0.1) is 0 Å². The number of hydrogen-bond donors (Lipinski definition) is 1. The largest absolute Gasteiger partial charge is 0.325 e. The van der Waals surface area contributed by atoms with Crippen LogP contribution < -0.4 is 5.73 Å². The molecule has 0 aromatic heterocycles. The lowest BCUT2D eigenvalue weighted by molar-refractivity contribution is 0.406. The van der Waals surface area contributed by atoms with Crippen molar-refractivity contribution in [3.63, 3.8) is 0 Å². The van der Waals surface area contributed by atoms with Crippen LogP contribution in [0.15, 0.2) is 30.3 Å². The van der Waals surface area contributed by atoms with Crippen LogP contribution in [0.4, 0.5) is 0 Å². The molecule has 2 N–H and O–H groups in total. The van der Waals surface area contributed by atoms with E-state index in [-0.39, 0.29) is 5.54 Å². The molecule has 1 nitrogen and oxygen atoms in total. The molecule has 76 valence electrons. The summed E-state index contributed by atoms with van der Waals surface area (Å²) in [4.78, 5) is 0. The Bertz CT molecular complexity index is 273. The van der Waals surface area contributed by atoms with E-state index >= 15 is 0 Å². The third-order valence-corrected chi connectivity index (χ3v) is 3.35. The maximum atomic E-state index is 6.31. The van der Waals surface area contributed by atoms with E-state index in [9.17, 15) is 0 Å². The smallest absolute Gasteiger partial charge is 0.0157 e. The Kier molecular flexibility index (Phi) is 2.87. The average molecular weight is 189 g/mol. The van der Waals surface area contributed by atoms with Gasteiger partial charge in [0, 0.05) is 5.54 Å². The van der Waals surface area contributed by atoms with E-state index in [4.69, 9.17) is 5.73 Å². The third kappa shape index (κ3) is 2.36. The van der Waals surface area contributed by atoms with Gasteiger partial charge in [0.15, 0.2) is 0 Å². The number of rotatable bonds is 3. The van der Waals surface area contributed by atoms with Crippen molar-refractivity contribution in [1.82, 2.24) is 0 Å². The molecule has 0 bridgehead atoms. The van der Waals surface area contributed by atoms with Crippen molar-refractivity contribution in [2.75, 3.05) is 0 Å². The molecule has 1 aromatic carbocycles. The normalized spacial score (nSPS) is 19.8. The summed E-state index contributed by atoms with van der Waals surface area (Å²) in [5, 5.41) is 0. The van der Waals surface area contributed by atoms with Crippen molar-refractivity contribution in [1.29, 1.82) is 0 Å². The van der Waals surface area contributed by atoms with E-state index in [1.807, 2.05) is 0 Å². The first-order chi connectivity index (χ1) is 6.79. The number of nitrogens with two attached hydrogens (primary N) is 1. The molecule has 1 heteroatoms. The SMILES string of the molecule is NC1(CCc2ccccc2)CCCC1.